The van der Waals surface area contributed by atoms with Crippen molar-refractivity contribution in [3.63, 3.8) is 0 Å². The van der Waals surface area contributed by atoms with Gasteiger partial charge in [-0.15, -0.1) is 12.4 Å². The van der Waals surface area contributed by atoms with Gasteiger partial charge in [0, 0.05) is 10.9 Å². The minimum Gasteiger partial charge on any atom is -0.481 e. The summed E-state index contributed by atoms with van der Waals surface area (Å²) < 4.78 is 5.51. The highest BCUT2D eigenvalue weighted by Gasteiger charge is 2.10. The average Bonchev–Trinajstić information content (AvgIpc) is 2.68. The first kappa shape index (κ1) is 17.0. The molecule has 1 aromatic heterocycles. The Hall–Kier alpha value is -2.84. The number of para-hydroxylation sites is 1. The fourth-order valence-electron chi connectivity index (χ4n) is 2.93. The average molecular weight is 348 g/mol. The molecule has 1 heterocycles. The second kappa shape index (κ2) is 7.37. The van der Waals surface area contributed by atoms with Gasteiger partial charge in [-0.25, -0.2) is 4.98 Å². The van der Waals surface area contributed by atoms with Crippen molar-refractivity contribution in [2.24, 2.45) is 0 Å². The van der Waals surface area contributed by atoms with E-state index in [1.165, 1.54) is 11.1 Å². The van der Waals surface area contributed by atoms with Crippen LogP contribution in [0.5, 0.6) is 5.88 Å². The predicted octanol–water partition coefficient (Wildman–Crippen LogP) is 6.00. The number of hydrogen-bond acceptors (Lipinski definition) is 2. The van der Waals surface area contributed by atoms with Crippen molar-refractivity contribution in [3.05, 3.63) is 84.9 Å². The zero-order valence-electron chi connectivity index (χ0n) is 13.8. The maximum absolute atomic E-state index is 5.51. The van der Waals surface area contributed by atoms with Crippen LogP contribution in [-0.4, -0.2) is 12.1 Å². The molecule has 0 aliphatic rings. The van der Waals surface area contributed by atoms with Crippen LogP contribution >= 0.6 is 12.4 Å². The highest BCUT2D eigenvalue weighted by Crippen LogP contribution is 2.32. The monoisotopic (exact) mass is 347 g/mol. The van der Waals surface area contributed by atoms with E-state index in [4.69, 9.17) is 4.74 Å². The number of methoxy groups -OCH3 is 1. The summed E-state index contributed by atoms with van der Waals surface area (Å²) in [6, 6.07) is 29.1. The van der Waals surface area contributed by atoms with E-state index in [1.54, 1.807) is 7.11 Å². The molecular weight excluding hydrogens is 330 g/mol. The first-order valence-corrected chi connectivity index (χ1v) is 7.95. The van der Waals surface area contributed by atoms with Crippen LogP contribution in [0.1, 0.15) is 0 Å². The number of hydrogen-bond donors (Lipinski definition) is 0. The van der Waals surface area contributed by atoms with Crippen LogP contribution in [0.4, 0.5) is 0 Å². The zero-order chi connectivity index (χ0) is 16.4. The van der Waals surface area contributed by atoms with Gasteiger partial charge in [0.25, 0.3) is 0 Å². The lowest BCUT2D eigenvalue weighted by molar-refractivity contribution is 0.401. The highest BCUT2D eigenvalue weighted by atomic mass is 35.5. The van der Waals surface area contributed by atoms with Crippen molar-refractivity contribution in [2.75, 3.05) is 7.11 Å². The topological polar surface area (TPSA) is 22.1 Å². The van der Waals surface area contributed by atoms with Crippen molar-refractivity contribution < 1.29 is 4.74 Å². The molecule has 0 unspecified atom stereocenters. The van der Waals surface area contributed by atoms with Gasteiger partial charge in [0.1, 0.15) is 0 Å². The highest BCUT2D eigenvalue weighted by molar-refractivity contribution is 5.86. The molecule has 3 heteroatoms. The zero-order valence-corrected chi connectivity index (χ0v) is 14.7. The van der Waals surface area contributed by atoms with E-state index < -0.39 is 0 Å². The van der Waals surface area contributed by atoms with Gasteiger partial charge < -0.3 is 4.74 Å². The van der Waals surface area contributed by atoms with Crippen LogP contribution in [0.2, 0.25) is 0 Å². The molecule has 4 aromatic rings. The minimum atomic E-state index is 0. The van der Waals surface area contributed by atoms with Crippen LogP contribution in [-0.2, 0) is 0 Å². The number of benzene rings is 3. The molecule has 0 spiro atoms. The van der Waals surface area contributed by atoms with E-state index in [1.807, 2.05) is 24.3 Å². The van der Waals surface area contributed by atoms with Crippen molar-refractivity contribution in [2.45, 2.75) is 0 Å². The van der Waals surface area contributed by atoms with E-state index in [2.05, 4.69) is 65.6 Å². The normalized spacial score (nSPS) is 10.3. The van der Waals surface area contributed by atoms with Crippen LogP contribution in [0, 0.1) is 0 Å². The van der Waals surface area contributed by atoms with Gasteiger partial charge in [-0.05, 0) is 28.8 Å². The smallest absolute Gasteiger partial charge is 0.221 e. The molecule has 0 amide bonds. The Bertz CT molecular complexity index is 982. The molecule has 3 aromatic carbocycles. The molecule has 0 saturated heterocycles. The summed E-state index contributed by atoms with van der Waals surface area (Å²) in [4.78, 5) is 4.63. The van der Waals surface area contributed by atoms with E-state index in [-0.39, 0.29) is 12.4 Å². The number of halogens is 1. The Morgan fingerprint density at radius 3 is 2.00 bits per heavy atom. The SMILES string of the molecule is COc1nc2ccccc2cc1-c1ccc(-c2ccccc2)cc1.Cl. The molecule has 124 valence electrons. The van der Waals surface area contributed by atoms with Gasteiger partial charge in [0.2, 0.25) is 5.88 Å². The van der Waals surface area contributed by atoms with Crippen LogP contribution < -0.4 is 4.74 Å². The molecule has 0 N–H and O–H groups in total. The van der Waals surface area contributed by atoms with Gasteiger partial charge >= 0.3 is 0 Å². The van der Waals surface area contributed by atoms with Gasteiger partial charge in [-0.2, -0.15) is 0 Å². The Balaban J connectivity index is 0.00000182. The number of pyridine rings is 1. The number of ether oxygens (including phenoxy) is 1. The Morgan fingerprint density at radius 2 is 1.28 bits per heavy atom. The van der Waals surface area contributed by atoms with Crippen molar-refractivity contribution in [1.29, 1.82) is 0 Å². The van der Waals surface area contributed by atoms with Crippen LogP contribution in [0.3, 0.4) is 0 Å². The van der Waals surface area contributed by atoms with E-state index in [0.717, 1.165) is 22.0 Å². The van der Waals surface area contributed by atoms with Crippen LogP contribution in [0.25, 0.3) is 33.2 Å². The molecule has 4 rings (SSSR count). The first-order valence-electron chi connectivity index (χ1n) is 7.95. The lowest BCUT2D eigenvalue weighted by atomic mass is 10.00. The van der Waals surface area contributed by atoms with E-state index >= 15 is 0 Å². The Morgan fingerprint density at radius 1 is 0.680 bits per heavy atom. The molecule has 0 radical (unpaired) electrons. The molecule has 25 heavy (non-hydrogen) atoms. The third kappa shape index (κ3) is 3.35. The maximum atomic E-state index is 5.51. The lowest BCUT2D eigenvalue weighted by Gasteiger charge is -2.10. The predicted molar refractivity (Wildman–Crippen MR) is 106 cm³/mol. The number of rotatable bonds is 3. The fourth-order valence-corrected chi connectivity index (χ4v) is 2.93. The van der Waals surface area contributed by atoms with E-state index in [0.29, 0.717) is 5.88 Å². The van der Waals surface area contributed by atoms with Gasteiger partial charge in [0.15, 0.2) is 0 Å². The molecule has 0 fully saturated rings. The largest absolute Gasteiger partial charge is 0.481 e. The molecule has 0 atom stereocenters. The maximum Gasteiger partial charge on any atom is 0.221 e. The molecule has 0 saturated carbocycles. The molecule has 0 bridgehead atoms. The quantitative estimate of drug-likeness (QED) is 0.453. The number of fused-ring (bicyclic) bond motifs is 1. The number of nitrogens with zero attached hydrogens (tertiary/aromatic N) is 1. The van der Waals surface area contributed by atoms with Gasteiger partial charge in [-0.3, -0.25) is 0 Å². The fraction of sp³-hybridized carbons (Fsp3) is 0.0455. The third-order valence-electron chi connectivity index (χ3n) is 4.19. The Kier molecular flexibility index (Phi) is 5.01. The summed E-state index contributed by atoms with van der Waals surface area (Å²) in [7, 11) is 1.67. The molecule has 2 nitrogen and oxygen atoms in total. The Labute approximate surface area is 153 Å². The number of aromatic nitrogens is 1. The third-order valence-corrected chi connectivity index (χ3v) is 4.19. The van der Waals surface area contributed by atoms with Crippen molar-refractivity contribution in [1.82, 2.24) is 4.98 Å². The first-order chi connectivity index (χ1) is 11.8. The summed E-state index contributed by atoms with van der Waals surface area (Å²) in [5.41, 5.74) is 5.47. The van der Waals surface area contributed by atoms with Crippen LogP contribution in [0.15, 0.2) is 84.9 Å². The minimum absolute atomic E-state index is 0. The lowest BCUT2D eigenvalue weighted by Crippen LogP contribution is -1.93. The second-order valence-corrected chi connectivity index (χ2v) is 5.68. The van der Waals surface area contributed by atoms with Gasteiger partial charge in [0.05, 0.1) is 12.6 Å². The summed E-state index contributed by atoms with van der Waals surface area (Å²) >= 11 is 0. The van der Waals surface area contributed by atoms with Crippen molar-refractivity contribution >= 4 is 23.3 Å². The second-order valence-electron chi connectivity index (χ2n) is 5.68. The molecule has 0 aliphatic carbocycles. The summed E-state index contributed by atoms with van der Waals surface area (Å²) in [6.07, 6.45) is 0. The van der Waals surface area contributed by atoms with Crippen molar-refractivity contribution in [3.8, 4) is 28.1 Å². The van der Waals surface area contributed by atoms with Gasteiger partial charge in [-0.1, -0.05) is 72.8 Å². The van der Waals surface area contributed by atoms with E-state index in [9.17, 15) is 0 Å². The molecule has 0 aliphatic heterocycles. The summed E-state index contributed by atoms with van der Waals surface area (Å²) in [6.45, 7) is 0. The standard InChI is InChI=1S/C22H17NO.ClH/c1-24-22-20(15-19-9-5-6-10-21(19)23-22)18-13-11-17(12-14-18)16-7-3-2-4-8-16;/h2-15H,1H3;1H. The summed E-state index contributed by atoms with van der Waals surface area (Å²) in [5, 5.41) is 1.11. The molecular formula is C22H18ClNO. The summed E-state index contributed by atoms with van der Waals surface area (Å²) in [5.74, 6) is 0.654.